The number of rotatable bonds is 8. The Labute approximate surface area is 228 Å². The summed E-state index contributed by atoms with van der Waals surface area (Å²) in [5.41, 5.74) is -2.21. The Kier molecular flexibility index (Phi) is 9.14. The molecule has 1 saturated heterocycles. The van der Waals surface area contributed by atoms with E-state index >= 15 is 0 Å². The molecule has 4 atom stereocenters. The smallest absolute Gasteiger partial charge is 0.416 e. The quantitative estimate of drug-likeness (QED) is 0.328. The van der Waals surface area contributed by atoms with Crippen molar-refractivity contribution in [3.05, 3.63) is 70.5 Å². The Morgan fingerprint density at radius 2 is 1.52 bits per heavy atom. The first-order chi connectivity index (χ1) is 18.7. The van der Waals surface area contributed by atoms with Crippen LogP contribution in [0.5, 0.6) is 0 Å². The first-order valence-electron chi connectivity index (χ1n) is 13.3. The van der Waals surface area contributed by atoms with Gasteiger partial charge in [-0.05, 0) is 99.0 Å². The van der Waals surface area contributed by atoms with Gasteiger partial charge in [0.15, 0.2) is 0 Å². The van der Waals surface area contributed by atoms with Gasteiger partial charge in [0.2, 0.25) is 0 Å². The molecular weight excluding hydrogens is 543 g/mol. The molecule has 4 nitrogen and oxygen atoms in total. The lowest BCUT2D eigenvalue weighted by Gasteiger charge is -2.35. The van der Waals surface area contributed by atoms with Gasteiger partial charge in [-0.25, -0.2) is 4.39 Å². The summed E-state index contributed by atoms with van der Waals surface area (Å²) in [5.74, 6) is -1.30. The van der Waals surface area contributed by atoms with Crippen LogP contribution in [0.25, 0.3) is 0 Å². The standard InChI is InChI=1S/C29H32F7NO3/c1-17(21-13-22(28(31,32)33)15-23(14-21)29(34,35)36)40-25-7-4-20(27(25)19-2-5-24(30)6-3-19)16-37-10-8-18(9-11-37)12-26(38)39/h2-3,5-6,13-15,17-18,20,25,27H,4,7-12,16H2,1H3,(H,38,39). The normalized spacial score (nSPS) is 23.9. The molecule has 1 N–H and O–H groups in total. The van der Waals surface area contributed by atoms with Crippen molar-refractivity contribution in [1.82, 2.24) is 4.90 Å². The number of carbonyl (C=O) groups is 1. The molecule has 1 saturated carbocycles. The second-order valence-electron chi connectivity index (χ2n) is 10.9. The number of nitrogens with zero attached hydrogens (tertiary/aromatic N) is 1. The predicted octanol–water partition coefficient (Wildman–Crippen LogP) is 7.69. The fraction of sp³-hybridized carbons (Fsp3) is 0.552. The van der Waals surface area contributed by atoms with Gasteiger partial charge in [0.25, 0.3) is 0 Å². The number of halogens is 7. The van der Waals surface area contributed by atoms with Crippen LogP contribution in [0.1, 0.15) is 73.3 Å². The molecule has 220 valence electrons. The number of aliphatic carboxylic acids is 1. The molecule has 0 spiro atoms. The molecule has 1 aliphatic carbocycles. The molecule has 40 heavy (non-hydrogen) atoms. The molecule has 11 heteroatoms. The number of carboxylic acid groups (broad SMARTS) is 1. The second kappa shape index (κ2) is 12.1. The van der Waals surface area contributed by atoms with Gasteiger partial charge < -0.3 is 14.7 Å². The van der Waals surface area contributed by atoms with Crippen LogP contribution in [-0.2, 0) is 21.9 Å². The van der Waals surface area contributed by atoms with Crippen LogP contribution in [0.2, 0.25) is 0 Å². The molecule has 0 bridgehead atoms. The summed E-state index contributed by atoms with van der Waals surface area (Å²) in [7, 11) is 0. The van der Waals surface area contributed by atoms with Crippen molar-refractivity contribution in [2.24, 2.45) is 11.8 Å². The second-order valence-corrected chi connectivity index (χ2v) is 10.9. The number of alkyl halides is 6. The van der Waals surface area contributed by atoms with Crippen molar-refractivity contribution < 1.29 is 45.4 Å². The minimum absolute atomic E-state index is 0.0610. The van der Waals surface area contributed by atoms with Crippen LogP contribution in [0.3, 0.4) is 0 Å². The third-order valence-electron chi connectivity index (χ3n) is 8.11. The van der Waals surface area contributed by atoms with Gasteiger partial charge >= 0.3 is 18.3 Å². The monoisotopic (exact) mass is 575 g/mol. The van der Waals surface area contributed by atoms with Crippen LogP contribution in [0.15, 0.2) is 42.5 Å². The van der Waals surface area contributed by atoms with Gasteiger partial charge in [-0.2, -0.15) is 26.3 Å². The fourth-order valence-corrected chi connectivity index (χ4v) is 6.08. The predicted molar refractivity (Wildman–Crippen MR) is 133 cm³/mol. The van der Waals surface area contributed by atoms with Crippen LogP contribution in [0, 0.1) is 17.7 Å². The number of piperidine rings is 1. The van der Waals surface area contributed by atoms with Gasteiger partial charge in [-0.3, -0.25) is 4.79 Å². The Balaban J connectivity index is 1.54. The molecule has 2 aliphatic rings. The van der Waals surface area contributed by atoms with Crippen LogP contribution in [0.4, 0.5) is 30.7 Å². The molecule has 2 aromatic rings. The highest BCUT2D eigenvalue weighted by Crippen LogP contribution is 2.45. The summed E-state index contributed by atoms with van der Waals surface area (Å²) in [6.45, 7) is 3.59. The van der Waals surface area contributed by atoms with E-state index in [1.165, 1.54) is 19.1 Å². The summed E-state index contributed by atoms with van der Waals surface area (Å²) >= 11 is 0. The van der Waals surface area contributed by atoms with Crippen LogP contribution >= 0.6 is 0 Å². The van der Waals surface area contributed by atoms with Gasteiger partial charge in [-0.1, -0.05) is 12.1 Å². The largest absolute Gasteiger partial charge is 0.481 e. The van der Waals surface area contributed by atoms with Crippen LogP contribution in [-0.4, -0.2) is 41.7 Å². The van der Waals surface area contributed by atoms with Gasteiger partial charge in [0, 0.05) is 18.9 Å². The minimum Gasteiger partial charge on any atom is -0.481 e. The van der Waals surface area contributed by atoms with E-state index in [4.69, 9.17) is 9.84 Å². The lowest BCUT2D eigenvalue weighted by atomic mass is 9.86. The Hall–Kier alpha value is -2.66. The van der Waals surface area contributed by atoms with Crippen molar-refractivity contribution in [3.8, 4) is 0 Å². The SMILES string of the molecule is CC(OC1CCC(CN2CCC(CC(=O)O)CC2)C1c1ccc(F)cc1)c1cc(C(F)(F)F)cc(C(F)(F)F)c1. The van der Waals surface area contributed by atoms with Gasteiger partial charge in [0.05, 0.1) is 23.3 Å². The van der Waals surface area contributed by atoms with E-state index in [0.29, 0.717) is 31.5 Å². The molecule has 4 unspecified atom stereocenters. The number of benzene rings is 2. The van der Waals surface area contributed by atoms with E-state index < -0.39 is 47.5 Å². The molecule has 0 amide bonds. The fourth-order valence-electron chi connectivity index (χ4n) is 6.08. The van der Waals surface area contributed by atoms with Crippen molar-refractivity contribution >= 4 is 5.97 Å². The minimum atomic E-state index is -4.96. The number of carboxylic acids is 1. The number of hydrogen-bond donors (Lipinski definition) is 1. The van der Waals surface area contributed by atoms with Crippen molar-refractivity contribution in [1.29, 1.82) is 0 Å². The maximum Gasteiger partial charge on any atom is 0.416 e. The Morgan fingerprint density at radius 3 is 2.05 bits per heavy atom. The van der Waals surface area contributed by atoms with Crippen molar-refractivity contribution in [2.75, 3.05) is 19.6 Å². The highest BCUT2D eigenvalue weighted by atomic mass is 19.4. The van der Waals surface area contributed by atoms with E-state index in [-0.39, 0.29) is 35.8 Å². The molecular formula is C29H32F7NO3. The molecule has 2 aromatic carbocycles. The Morgan fingerprint density at radius 1 is 0.950 bits per heavy atom. The maximum absolute atomic E-state index is 13.7. The van der Waals surface area contributed by atoms with Crippen LogP contribution < -0.4 is 0 Å². The number of likely N-dealkylation sites (tertiary alicyclic amines) is 1. The van der Waals surface area contributed by atoms with E-state index in [9.17, 15) is 35.5 Å². The topological polar surface area (TPSA) is 49.8 Å². The summed E-state index contributed by atoms with van der Waals surface area (Å²) in [6, 6.07) is 7.43. The zero-order valence-electron chi connectivity index (χ0n) is 21.9. The number of ether oxygens (including phenoxy) is 1. The zero-order valence-corrected chi connectivity index (χ0v) is 21.9. The van der Waals surface area contributed by atoms with Crippen molar-refractivity contribution in [3.63, 3.8) is 0 Å². The van der Waals surface area contributed by atoms with Crippen molar-refractivity contribution in [2.45, 2.75) is 69.5 Å². The molecule has 0 radical (unpaired) electrons. The highest BCUT2D eigenvalue weighted by Gasteiger charge is 2.41. The first-order valence-corrected chi connectivity index (χ1v) is 13.3. The molecule has 4 rings (SSSR count). The van der Waals surface area contributed by atoms with E-state index in [1.54, 1.807) is 12.1 Å². The van der Waals surface area contributed by atoms with Gasteiger partial charge in [0.1, 0.15) is 5.82 Å². The van der Waals surface area contributed by atoms with E-state index in [0.717, 1.165) is 31.5 Å². The average Bonchev–Trinajstić information content (AvgIpc) is 3.25. The molecule has 1 heterocycles. The summed E-state index contributed by atoms with van der Waals surface area (Å²) in [4.78, 5) is 13.3. The Bertz CT molecular complexity index is 1130. The highest BCUT2D eigenvalue weighted by molar-refractivity contribution is 5.67. The molecule has 1 aliphatic heterocycles. The zero-order chi connectivity index (χ0) is 29.2. The molecule has 0 aromatic heterocycles. The van der Waals surface area contributed by atoms with E-state index in [2.05, 4.69) is 4.90 Å². The lowest BCUT2D eigenvalue weighted by Crippen LogP contribution is -2.38. The average molecular weight is 576 g/mol. The molecule has 2 fully saturated rings. The van der Waals surface area contributed by atoms with E-state index in [1.807, 2.05) is 0 Å². The third kappa shape index (κ3) is 7.54. The summed E-state index contributed by atoms with van der Waals surface area (Å²) in [6.07, 6.45) is -8.56. The summed E-state index contributed by atoms with van der Waals surface area (Å²) < 4.78 is 100. The first kappa shape index (κ1) is 30.3. The third-order valence-corrected chi connectivity index (χ3v) is 8.11. The van der Waals surface area contributed by atoms with Gasteiger partial charge in [-0.15, -0.1) is 0 Å². The summed E-state index contributed by atoms with van der Waals surface area (Å²) in [5, 5.41) is 9.07. The maximum atomic E-state index is 13.7. The lowest BCUT2D eigenvalue weighted by molar-refractivity contribution is -0.143. The number of hydrogen-bond acceptors (Lipinski definition) is 3.